The lowest BCUT2D eigenvalue weighted by molar-refractivity contribution is 0.415. The van der Waals surface area contributed by atoms with Crippen LogP contribution >= 0.6 is 0 Å². The summed E-state index contributed by atoms with van der Waals surface area (Å²) in [5.41, 5.74) is 0.671. The molecule has 0 N–H and O–H groups in total. The Balaban J connectivity index is 2.32. The highest BCUT2D eigenvalue weighted by atomic mass is 32.2. The summed E-state index contributed by atoms with van der Waals surface area (Å²) in [5, 5.41) is 0. The molecule has 5 nitrogen and oxygen atoms in total. The first-order valence-electron chi connectivity index (χ1n) is 4.94. The standard InChI is InChI=1S/C10H14N2O3S/c1-11-7-8-12(16(11,13)14)9-3-5-10(15-2)6-4-9/h3-6H,7-8H2,1-2H3. The molecule has 6 heteroatoms. The quantitative estimate of drug-likeness (QED) is 0.766. The molecule has 1 saturated heterocycles. The number of benzene rings is 1. The summed E-state index contributed by atoms with van der Waals surface area (Å²) < 4.78 is 31.5. The zero-order chi connectivity index (χ0) is 11.8. The number of hydrogen-bond acceptors (Lipinski definition) is 3. The van der Waals surface area contributed by atoms with Crippen LogP contribution < -0.4 is 9.04 Å². The van der Waals surface area contributed by atoms with Gasteiger partial charge in [0.2, 0.25) is 0 Å². The smallest absolute Gasteiger partial charge is 0.303 e. The Morgan fingerprint density at radius 3 is 2.25 bits per heavy atom. The Labute approximate surface area is 95.4 Å². The Hall–Kier alpha value is -1.27. The number of hydrogen-bond donors (Lipinski definition) is 0. The van der Waals surface area contributed by atoms with E-state index in [1.165, 1.54) is 8.61 Å². The lowest BCUT2D eigenvalue weighted by Gasteiger charge is -2.17. The van der Waals surface area contributed by atoms with Gasteiger partial charge in [-0.05, 0) is 24.3 Å². The summed E-state index contributed by atoms with van der Waals surface area (Å²) >= 11 is 0. The number of rotatable bonds is 2. The van der Waals surface area contributed by atoms with Crippen LogP contribution in [0.3, 0.4) is 0 Å². The maximum Gasteiger partial charge on any atom is 0.303 e. The fourth-order valence-corrected chi connectivity index (χ4v) is 2.99. The summed E-state index contributed by atoms with van der Waals surface area (Å²) in [7, 11) is -0.152. The highest BCUT2D eigenvalue weighted by Gasteiger charge is 2.33. The lowest BCUT2D eigenvalue weighted by Crippen LogP contribution is -2.30. The average Bonchev–Trinajstić information content (AvgIpc) is 2.54. The van der Waals surface area contributed by atoms with Gasteiger partial charge in [-0.2, -0.15) is 12.7 Å². The van der Waals surface area contributed by atoms with Crippen molar-refractivity contribution in [2.75, 3.05) is 31.6 Å². The average molecular weight is 242 g/mol. The minimum atomic E-state index is -3.31. The van der Waals surface area contributed by atoms with Gasteiger partial charge in [-0.15, -0.1) is 0 Å². The van der Waals surface area contributed by atoms with Crippen molar-refractivity contribution in [1.82, 2.24) is 4.31 Å². The predicted molar refractivity (Wildman–Crippen MR) is 61.9 cm³/mol. The topological polar surface area (TPSA) is 49.9 Å². The van der Waals surface area contributed by atoms with E-state index in [-0.39, 0.29) is 0 Å². The first-order chi connectivity index (χ1) is 7.55. The number of likely N-dealkylation sites (N-methyl/N-ethyl adjacent to an activating group) is 1. The molecule has 1 aromatic rings. The van der Waals surface area contributed by atoms with E-state index in [9.17, 15) is 8.42 Å². The van der Waals surface area contributed by atoms with Crippen LogP contribution in [0.4, 0.5) is 5.69 Å². The number of nitrogens with zero attached hydrogens (tertiary/aromatic N) is 2. The molecule has 0 bridgehead atoms. The maximum atomic E-state index is 11.9. The Bertz CT molecular complexity index is 469. The van der Waals surface area contributed by atoms with Crippen molar-refractivity contribution in [1.29, 1.82) is 0 Å². The van der Waals surface area contributed by atoms with Crippen LogP contribution in [0.5, 0.6) is 5.75 Å². The van der Waals surface area contributed by atoms with Crippen LogP contribution in [0.15, 0.2) is 24.3 Å². The van der Waals surface area contributed by atoms with Crippen molar-refractivity contribution >= 4 is 15.9 Å². The number of ether oxygens (including phenoxy) is 1. The molecule has 0 aromatic heterocycles. The van der Waals surface area contributed by atoms with Gasteiger partial charge in [-0.1, -0.05) is 0 Å². The molecule has 0 unspecified atom stereocenters. The molecule has 0 aliphatic carbocycles. The normalized spacial score (nSPS) is 20.0. The van der Waals surface area contributed by atoms with Gasteiger partial charge < -0.3 is 4.74 Å². The summed E-state index contributed by atoms with van der Waals surface area (Å²) in [6.07, 6.45) is 0. The van der Waals surface area contributed by atoms with Crippen molar-refractivity contribution < 1.29 is 13.2 Å². The monoisotopic (exact) mass is 242 g/mol. The van der Waals surface area contributed by atoms with E-state index < -0.39 is 10.2 Å². The van der Waals surface area contributed by atoms with E-state index in [1.807, 2.05) is 0 Å². The zero-order valence-corrected chi connectivity index (χ0v) is 10.1. The van der Waals surface area contributed by atoms with E-state index in [0.29, 0.717) is 24.5 Å². The van der Waals surface area contributed by atoms with Crippen molar-refractivity contribution in [3.63, 3.8) is 0 Å². The Kier molecular flexibility index (Phi) is 2.77. The third kappa shape index (κ3) is 1.74. The largest absolute Gasteiger partial charge is 0.497 e. The van der Waals surface area contributed by atoms with Gasteiger partial charge in [0.05, 0.1) is 12.8 Å². The molecule has 1 aliphatic rings. The number of methoxy groups -OCH3 is 1. The first-order valence-corrected chi connectivity index (χ1v) is 6.33. The van der Waals surface area contributed by atoms with Crippen LogP contribution in [0.25, 0.3) is 0 Å². The zero-order valence-electron chi connectivity index (χ0n) is 9.25. The van der Waals surface area contributed by atoms with E-state index in [2.05, 4.69) is 0 Å². The second-order valence-electron chi connectivity index (χ2n) is 3.60. The Morgan fingerprint density at radius 2 is 1.81 bits per heavy atom. The summed E-state index contributed by atoms with van der Waals surface area (Å²) in [6.45, 7) is 1.01. The fraction of sp³-hybridized carbons (Fsp3) is 0.400. The molecule has 1 aliphatic heterocycles. The predicted octanol–water partition coefficient (Wildman–Crippen LogP) is 0.692. The molecule has 1 aromatic carbocycles. The summed E-state index contributed by atoms with van der Waals surface area (Å²) in [6, 6.07) is 7.00. The maximum absolute atomic E-state index is 11.9. The molecular formula is C10H14N2O3S. The van der Waals surface area contributed by atoms with Crippen LogP contribution in [0.1, 0.15) is 0 Å². The third-order valence-corrected chi connectivity index (χ3v) is 4.57. The molecule has 1 fully saturated rings. The molecule has 16 heavy (non-hydrogen) atoms. The van der Waals surface area contributed by atoms with E-state index in [4.69, 9.17) is 4.74 Å². The third-order valence-electron chi connectivity index (χ3n) is 2.65. The fourth-order valence-electron chi connectivity index (χ4n) is 1.64. The van der Waals surface area contributed by atoms with Crippen LogP contribution in [0.2, 0.25) is 0 Å². The Morgan fingerprint density at radius 1 is 1.19 bits per heavy atom. The van der Waals surface area contributed by atoms with E-state index >= 15 is 0 Å². The molecule has 0 radical (unpaired) electrons. The van der Waals surface area contributed by atoms with Gasteiger partial charge >= 0.3 is 10.2 Å². The highest BCUT2D eigenvalue weighted by molar-refractivity contribution is 7.90. The van der Waals surface area contributed by atoms with E-state index in [0.717, 1.165) is 0 Å². The van der Waals surface area contributed by atoms with Gasteiger partial charge in [-0.25, -0.2) is 0 Å². The minimum Gasteiger partial charge on any atom is -0.497 e. The van der Waals surface area contributed by atoms with Crippen molar-refractivity contribution in [3.8, 4) is 5.75 Å². The number of anilines is 1. The summed E-state index contributed by atoms with van der Waals surface area (Å²) in [5.74, 6) is 0.716. The van der Waals surface area contributed by atoms with Gasteiger partial charge in [0.25, 0.3) is 0 Å². The van der Waals surface area contributed by atoms with Gasteiger partial charge in [0, 0.05) is 20.1 Å². The molecule has 0 saturated carbocycles. The molecule has 88 valence electrons. The first kappa shape index (κ1) is 11.2. The molecule has 0 amide bonds. The van der Waals surface area contributed by atoms with Gasteiger partial charge in [0.1, 0.15) is 5.75 Å². The summed E-state index contributed by atoms with van der Waals surface area (Å²) in [4.78, 5) is 0. The second-order valence-corrected chi connectivity index (χ2v) is 5.56. The highest BCUT2D eigenvalue weighted by Crippen LogP contribution is 2.25. The van der Waals surface area contributed by atoms with Crippen LogP contribution in [0, 0.1) is 0 Å². The van der Waals surface area contributed by atoms with Gasteiger partial charge in [-0.3, -0.25) is 4.31 Å². The van der Waals surface area contributed by atoms with Crippen LogP contribution in [-0.2, 0) is 10.2 Å². The van der Waals surface area contributed by atoms with Crippen LogP contribution in [-0.4, -0.2) is 40.0 Å². The minimum absolute atomic E-state index is 0.491. The van der Waals surface area contributed by atoms with Crippen molar-refractivity contribution in [3.05, 3.63) is 24.3 Å². The molecule has 2 rings (SSSR count). The molecule has 0 spiro atoms. The van der Waals surface area contributed by atoms with Gasteiger partial charge in [0.15, 0.2) is 0 Å². The molecule has 1 heterocycles. The second kappa shape index (κ2) is 3.95. The molecule has 0 atom stereocenters. The van der Waals surface area contributed by atoms with E-state index in [1.54, 1.807) is 38.4 Å². The van der Waals surface area contributed by atoms with Crippen molar-refractivity contribution in [2.24, 2.45) is 0 Å². The molecular weight excluding hydrogens is 228 g/mol. The lowest BCUT2D eigenvalue weighted by atomic mass is 10.3. The SMILES string of the molecule is COc1ccc(N2CCN(C)S2(=O)=O)cc1. The van der Waals surface area contributed by atoms with Crippen molar-refractivity contribution in [2.45, 2.75) is 0 Å².